The smallest absolute Gasteiger partial charge is 0.314 e. The number of piperidine rings is 3. The molecule has 4 aromatic rings. The first kappa shape index (κ1) is 68.7. The summed E-state index contributed by atoms with van der Waals surface area (Å²) in [5.74, 6) is 1.27. The molecule has 4 fully saturated rings. The van der Waals surface area contributed by atoms with Gasteiger partial charge in [-0.25, -0.2) is 26.5 Å². The van der Waals surface area contributed by atoms with Gasteiger partial charge in [-0.1, -0.05) is 36.0 Å². The van der Waals surface area contributed by atoms with E-state index in [1.807, 2.05) is 12.1 Å². The number of carbonyl (C=O) groups excluding carboxylic acids is 4. The number of nitrogens with zero attached hydrogens (tertiary/aromatic N) is 6. The maximum atomic E-state index is 13.8. The van der Waals surface area contributed by atoms with Crippen molar-refractivity contribution in [1.29, 1.82) is 5.26 Å². The van der Waals surface area contributed by atoms with Gasteiger partial charge in [-0.15, -0.1) is 0 Å². The van der Waals surface area contributed by atoms with Gasteiger partial charge in [-0.3, -0.25) is 24.2 Å². The van der Waals surface area contributed by atoms with E-state index in [1.165, 1.54) is 15.0 Å². The lowest BCUT2D eigenvalue weighted by Gasteiger charge is -2.36. The van der Waals surface area contributed by atoms with Gasteiger partial charge in [0.2, 0.25) is 26.0 Å². The summed E-state index contributed by atoms with van der Waals surface area (Å²) in [6.45, 7) is 15.1. The van der Waals surface area contributed by atoms with E-state index in [2.05, 4.69) is 42.0 Å². The van der Waals surface area contributed by atoms with Gasteiger partial charge in [0.05, 0.1) is 40.1 Å². The lowest BCUT2D eigenvalue weighted by molar-refractivity contribution is -0.123. The Morgan fingerprint density at radius 3 is 1.71 bits per heavy atom. The zero-order valence-electron chi connectivity index (χ0n) is 52.4. The van der Waals surface area contributed by atoms with E-state index in [0.717, 1.165) is 80.8 Å². The van der Waals surface area contributed by atoms with Crippen LogP contribution in [0.25, 0.3) is 4.85 Å². The number of rotatable bonds is 28. The molecular weight excluding hydrogens is 1250 g/mol. The van der Waals surface area contributed by atoms with Crippen molar-refractivity contribution in [1.82, 2.24) is 39.7 Å². The molecule has 10 rings (SSSR count). The molecule has 3 amide bonds. The molecule has 4 saturated heterocycles. The Bertz CT molecular complexity index is 3330. The van der Waals surface area contributed by atoms with E-state index in [9.17, 15) is 41.3 Å². The maximum Gasteiger partial charge on any atom is 0.314 e. The van der Waals surface area contributed by atoms with Crippen LogP contribution in [0.2, 0.25) is 10.0 Å². The van der Waals surface area contributed by atoms with Crippen molar-refractivity contribution < 1.29 is 45.5 Å². The summed E-state index contributed by atoms with van der Waals surface area (Å²) in [5.41, 5.74) is 4.78. The number of fused-ring (bicyclic) bond motifs is 2. The number of urea groups is 1. The molecule has 0 saturated carbocycles. The van der Waals surface area contributed by atoms with Gasteiger partial charge in [0, 0.05) is 114 Å². The minimum absolute atomic E-state index is 0.00518. The average molecular weight is 1340 g/mol. The van der Waals surface area contributed by atoms with Gasteiger partial charge in [0.1, 0.15) is 35.3 Å². The van der Waals surface area contributed by atoms with Crippen molar-refractivity contribution >= 4 is 72.4 Å². The van der Waals surface area contributed by atoms with E-state index < -0.39 is 20.0 Å². The number of hydrogen-bond acceptors (Lipinski definition) is 14. The fourth-order valence-corrected chi connectivity index (χ4v) is 17.5. The number of ketones is 2. The Balaban J connectivity index is 0.536. The highest BCUT2D eigenvalue weighted by Gasteiger charge is 2.42. The second-order valence-corrected chi connectivity index (χ2v) is 30.1. The standard InChI is InChI=1S/C68H86Cl2N10O10S2/c1-72-62-43-50(70)42-61-59(62)45-64(77-31-8-3-9-32-77)67(61)90-55-17-19-56(20-18-55)91(85,86)79-33-23-47(24-34-79)39-53(82)13-10-28-75-68(84)74-27-7-2-4-11-52(81)12-5-6-14-65(83)76-51-25-35-80(36-26-51)92(87,88)57-21-15-54(16-22-57)89-66-60-41-49(69)40-48(46-71)58(60)44-63(66)78-37-29-73-30-38-78/h15-22,40-43,47,51,63-64,66-67,73H,2-14,23-39,44-45H2,(H,76,83)(H2,74,75,84)/t63-,64-,66-,67-/m0/s1. The molecule has 4 N–H and O–H groups in total. The summed E-state index contributed by atoms with van der Waals surface area (Å²) < 4.78 is 71.2. The van der Waals surface area contributed by atoms with Crippen LogP contribution in [-0.4, -0.2) is 155 Å². The second kappa shape index (κ2) is 32.3. The molecule has 24 heteroatoms. The Kier molecular flexibility index (Phi) is 24.1. The predicted molar refractivity (Wildman–Crippen MR) is 352 cm³/mol. The Morgan fingerprint density at radius 1 is 0.609 bits per heavy atom. The summed E-state index contributed by atoms with van der Waals surface area (Å²) in [5, 5.41) is 22.9. The topological polar surface area (TPSA) is 244 Å². The number of hydrogen-bond donors (Lipinski definition) is 4. The third kappa shape index (κ3) is 17.6. The molecule has 494 valence electrons. The molecule has 4 aliphatic heterocycles. The van der Waals surface area contributed by atoms with Crippen LogP contribution in [0.5, 0.6) is 11.5 Å². The molecular formula is C68H86Cl2N10O10S2. The number of nitrogens with one attached hydrogen (secondary N) is 4. The number of unbranched alkanes of at least 4 members (excludes halogenated alkanes) is 3. The molecule has 0 bridgehead atoms. The van der Waals surface area contributed by atoms with Gasteiger partial charge >= 0.3 is 6.03 Å². The summed E-state index contributed by atoms with van der Waals surface area (Å²) in [4.78, 5) is 59.7. The first-order chi connectivity index (χ1) is 44.5. The fourth-order valence-electron chi connectivity index (χ4n) is 14.1. The number of Topliss-reactive ketones (excluding diaryl/α,β-unsaturated/α-hetero) is 2. The quantitative estimate of drug-likeness (QED) is 0.0306. The van der Waals surface area contributed by atoms with Crippen molar-refractivity contribution in [2.45, 2.75) is 169 Å². The molecule has 0 spiro atoms. The van der Waals surface area contributed by atoms with Crippen LogP contribution >= 0.6 is 23.2 Å². The van der Waals surface area contributed by atoms with Crippen LogP contribution in [0.15, 0.2) is 82.6 Å². The van der Waals surface area contributed by atoms with Gasteiger partial charge in [0.25, 0.3) is 0 Å². The molecule has 4 aromatic carbocycles. The number of benzene rings is 4. The van der Waals surface area contributed by atoms with Crippen LogP contribution in [-0.2, 0) is 47.3 Å². The summed E-state index contributed by atoms with van der Waals surface area (Å²) >= 11 is 12.9. The van der Waals surface area contributed by atoms with Gasteiger partial charge in [-0.2, -0.15) is 13.9 Å². The van der Waals surface area contributed by atoms with Crippen molar-refractivity contribution in [3.8, 4) is 17.6 Å². The highest BCUT2D eigenvalue weighted by Crippen LogP contribution is 2.45. The van der Waals surface area contributed by atoms with Gasteiger partial charge in [-0.05, 0) is 198 Å². The van der Waals surface area contributed by atoms with Crippen molar-refractivity contribution in [2.75, 3.05) is 78.5 Å². The van der Waals surface area contributed by atoms with E-state index in [1.54, 1.807) is 60.7 Å². The Morgan fingerprint density at radius 2 is 1.12 bits per heavy atom. The van der Waals surface area contributed by atoms with Gasteiger partial charge in [0.15, 0.2) is 5.69 Å². The molecule has 92 heavy (non-hydrogen) atoms. The van der Waals surface area contributed by atoms with Gasteiger partial charge < -0.3 is 30.7 Å². The predicted octanol–water partition coefficient (Wildman–Crippen LogP) is 10.00. The number of ether oxygens (including phenoxy) is 2. The zero-order valence-corrected chi connectivity index (χ0v) is 55.5. The molecule has 4 heterocycles. The molecule has 0 unspecified atom stereocenters. The molecule has 0 aromatic heterocycles. The largest absolute Gasteiger partial charge is 0.484 e. The minimum atomic E-state index is -3.80. The molecule has 4 atom stereocenters. The van der Waals surface area contributed by atoms with Crippen LogP contribution in [0.4, 0.5) is 10.5 Å². The summed E-state index contributed by atoms with van der Waals surface area (Å²) in [6.07, 6.45) is 11.8. The fraction of sp³-hybridized carbons (Fsp3) is 0.559. The van der Waals surface area contributed by atoms with Crippen molar-refractivity contribution in [3.05, 3.63) is 122 Å². The Labute approximate surface area is 552 Å². The summed E-state index contributed by atoms with van der Waals surface area (Å²) in [7, 11) is -7.57. The molecule has 6 aliphatic rings. The lowest BCUT2D eigenvalue weighted by Crippen LogP contribution is -2.50. The highest BCUT2D eigenvalue weighted by atomic mass is 35.5. The van der Waals surface area contributed by atoms with Crippen molar-refractivity contribution in [2.24, 2.45) is 5.92 Å². The lowest BCUT2D eigenvalue weighted by atomic mass is 9.91. The normalized spacial score (nSPS) is 21.1. The second-order valence-electron chi connectivity index (χ2n) is 25.4. The summed E-state index contributed by atoms with van der Waals surface area (Å²) in [6, 6.07) is 22.1. The minimum Gasteiger partial charge on any atom is -0.484 e. The average Bonchev–Trinajstić information content (AvgIpc) is 1.60. The van der Waals surface area contributed by atoms with Crippen molar-refractivity contribution in [3.63, 3.8) is 0 Å². The third-order valence-corrected chi connectivity index (χ3v) is 23.4. The number of sulfonamides is 2. The first-order valence-electron chi connectivity index (χ1n) is 33.0. The number of carbonyl (C=O) groups is 4. The highest BCUT2D eigenvalue weighted by molar-refractivity contribution is 7.89. The first-order valence-corrected chi connectivity index (χ1v) is 36.6. The Hall–Kier alpha value is -6.18. The van der Waals surface area contributed by atoms with Crippen LogP contribution in [0.1, 0.15) is 156 Å². The number of amides is 3. The number of piperazine rings is 1. The third-order valence-electron chi connectivity index (χ3n) is 19.1. The van der Waals surface area contributed by atoms with Crippen LogP contribution < -0.4 is 30.7 Å². The maximum absolute atomic E-state index is 13.8. The van der Waals surface area contributed by atoms with Crippen LogP contribution in [0.3, 0.4) is 0 Å². The molecule has 2 aliphatic carbocycles. The molecule has 20 nitrogen and oxygen atoms in total. The van der Waals surface area contributed by atoms with E-state index in [4.69, 9.17) is 39.2 Å². The SMILES string of the molecule is [C-]#[N+]c1cc(Cl)cc2c1C[C@H](N1CCCCC1)[C@H]2Oc1ccc(S(=O)(=O)N2CCC(CC(=O)CCCNC(=O)NCCCCCC(=O)CCCCC(=O)NC3CCN(S(=O)(=O)c4ccc(O[C@H]5c6cc(Cl)cc(C#N)c6C[C@@H]5N5CCNCC5)cc4)CC3)CC2)cc1. The zero-order chi connectivity index (χ0) is 64.8. The van der Waals surface area contributed by atoms with E-state index >= 15 is 0 Å². The molecule has 0 radical (unpaired) electrons. The number of nitriles is 1. The van der Waals surface area contributed by atoms with E-state index in [-0.39, 0.29) is 89.1 Å². The monoisotopic (exact) mass is 1340 g/mol. The number of likely N-dealkylation sites (tertiary alicyclic amines) is 1. The van der Waals surface area contributed by atoms with E-state index in [0.29, 0.717) is 155 Å². The van der Waals surface area contributed by atoms with Crippen LogP contribution in [0, 0.1) is 23.8 Å². The number of halogens is 2.